The Morgan fingerprint density at radius 2 is 1.78 bits per heavy atom. The van der Waals surface area contributed by atoms with Gasteiger partial charge in [-0.1, -0.05) is 13.8 Å². The molecule has 0 saturated carbocycles. The van der Waals surface area contributed by atoms with E-state index in [0.29, 0.717) is 18.0 Å². The Labute approximate surface area is 111 Å². The average molecular weight is 246 g/mol. The summed E-state index contributed by atoms with van der Waals surface area (Å²) in [5.41, 5.74) is 9.61. The maximum absolute atomic E-state index is 6.07. The molecule has 0 radical (unpaired) electrons. The Morgan fingerprint density at radius 1 is 1.17 bits per heavy atom. The summed E-state index contributed by atoms with van der Waals surface area (Å²) in [6, 6.07) is 7.81. The summed E-state index contributed by atoms with van der Waals surface area (Å²) < 4.78 is 0. The van der Waals surface area contributed by atoms with E-state index in [1.807, 2.05) is 0 Å². The molecule has 2 atom stereocenters. The fourth-order valence-electron chi connectivity index (χ4n) is 3.15. The molecule has 1 aromatic rings. The molecule has 1 aliphatic rings. The Balaban J connectivity index is 2.35. The topological polar surface area (TPSA) is 29.3 Å². The lowest BCUT2D eigenvalue weighted by molar-refractivity contribution is 0.414. The Morgan fingerprint density at radius 3 is 2.33 bits per heavy atom. The third-order valence-electron chi connectivity index (χ3n) is 4.18. The van der Waals surface area contributed by atoms with Gasteiger partial charge in [0.05, 0.1) is 0 Å². The summed E-state index contributed by atoms with van der Waals surface area (Å²) >= 11 is 0. The van der Waals surface area contributed by atoms with E-state index in [1.54, 1.807) is 0 Å². The minimum Gasteiger partial charge on any atom is -0.398 e. The molecule has 1 heterocycles. The largest absolute Gasteiger partial charge is 0.398 e. The summed E-state index contributed by atoms with van der Waals surface area (Å²) in [6.45, 7) is 9.08. The van der Waals surface area contributed by atoms with Crippen LogP contribution in [0.2, 0.25) is 0 Å². The summed E-state index contributed by atoms with van der Waals surface area (Å²) in [7, 11) is 0. The second-order valence-corrected chi connectivity index (χ2v) is 6.00. The first-order valence-corrected chi connectivity index (χ1v) is 7.18. The van der Waals surface area contributed by atoms with E-state index >= 15 is 0 Å². The van der Waals surface area contributed by atoms with Gasteiger partial charge in [0, 0.05) is 23.5 Å². The van der Waals surface area contributed by atoms with Crippen molar-refractivity contribution in [2.45, 2.75) is 65.0 Å². The SMILES string of the molecule is CC(C)c1cc(N2C(C)CCCC2C)ccc1N. The number of rotatable bonds is 2. The van der Waals surface area contributed by atoms with Crippen molar-refractivity contribution in [2.75, 3.05) is 10.6 Å². The Kier molecular flexibility index (Phi) is 3.84. The van der Waals surface area contributed by atoms with Crippen molar-refractivity contribution in [1.82, 2.24) is 0 Å². The number of anilines is 2. The average Bonchev–Trinajstić information content (AvgIpc) is 2.30. The van der Waals surface area contributed by atoms with Crippen LogP contribution in [0.1, 0.15) is 58.4 Å². The van der Waals surface area contributed by atoms with Crippen molar-refractivity contribution >= 4 is 11.4 Å². The number of nitrogens with two attached hydrogens (primary N) is 1. The van der Waals surface area contributed by atoms with Gasteiger partial charge in [-0.3, -0.25) is 0 Å². The first kappa shape index (κ1) is 13.3. The second kappa shape index (κ2) is 5.21. The zero-order valence-corrected chi connectivity index (χ0v) is 12.1. The van der Waals surface area contributed by atoms with Gasteiger partial charge in [0.15, 0.2) is 0 Å². The number of piperidine rings is 1. The molecule has 2 N–H and O–H groups in total. The van der Waals surface area contributed by atoms with Gasteiger partial charge < -0.3 is 10.6 Å². The molecule has 0 aliphatic carbocycles. The van der Waals surface area contributed by atoms with Gasteiger partial charge in [-0.25, -0.2) is 0 Å². The molecular weight excluding hydrogens is 220 g/mol. The molecule has 0 spiro atoms. The van der Waals surface area contributed by atoms with Gasteiger partial charge in [-0.2, -0.15) is 0 Å². The predicted molar refractivity (Wildman–Crippen MR) is 80.2 cm³/mol. The van der Waals surface area contributed by atoms with Crippen LogP contribution in [-0.4, -0.2) is 12.1 Å². The van der Waals surface area contributed by atoms with Gasteiger partial charge in [0.1, 0.15) is 0 Å². The van der Waals surface area contributed by atoms with E-state index in [9.17, 15) is 0 Å². The van der Waals surface area contributed by atoms with Gasteiger partial charge in [-0.05, 0) is 62.8 Å². The lowest BCUT2D eigenvalue weighted by Crippen LogP contribution is -2.43. The highest BCUT2D eigenvalue weighted by atomic mass is 15.2. The predicted octanol–water partition coefficient (Wildman–Crippen LogP) is 4.16. The molecule has 0 amide bonds. The number of hydrogen-bond acceptors (Lipinski definition) is 2. The highest BCUT2D eigenvalue weighted by Gasteiger charge is 2.25. The molecule has 0 bridgehead atoms. The van der Waals surface area contributed by atoms with E-state index < -0.39 is 0 Å². The van der Waals surface area contributed by atoms with Crippen molar-refractivity contribution in [2.24, 2.45) is 0 Å². The maximum atomic E-state index is 6.07. The first-order chi connectivity index (χ1) is 8.50. The van der Waals surface area contributed by atoms with Crippen LogP contribution < -0.4 is 10.6 Å². The van der Waals surface area contributed by atoms with Crippen LogP contribution in [0.5, 0.6) is 0 Å². The molecule has 1 aromatic carbocycles. The van der Waals surface area contributed by atoms with E-state index in [1.165, 1.54) is 30.5 Å². The Bertz CT molecular complexity index is 402. The van der Waals surface area contributed by atoms with Crippen LogP contribution in [-0.2, 0) is 0 Å². The van der Waals surface area contributed by atoms with Gasteiger partial charge >= 0.3 is 0 Å². The summed E-state index contributed by atoms with van der Waals surface area (Å²) in [6.07, 6.45) is 3.95. The van der Waals surface area contributed by atoms with Gasteiger partial charge in [0.2, 0.25) is 0 Å². The van der Waals surface area contributed by atoms with E-state index in [-0.39, 0.29) is 0 Å². The number of hydrogen-bond donors (Lipinski definition) is 1. The van der Waals surface area contributed by atoms with Crippen molar-refractivity contribution in [3.63, 3.8) is 0 Å². The molecule has 18 heavy (non-hydrogen) atoms. The summed E-state index contributed by atoms with van der Waals surface area (Å²) in [5.74, 6) is 0.486. The van der Waals surface area contributed by atoms with Crippen LogP contribution >= 0.6 is 0 Å². The number of nitrogens with zero attached hydrogens (tertiary/aromatic N) is 1. The molecule has 2 unspecified atom stereocenters. The van der Waals surface area contributed by atoms with Crippen molar-refractivity contribution in [3.05, 3.63) is 23.8 Å². The zero-order chi connectivity index (χ0) is 13.3. The van der Waals surface area contributed by atoms with Crippen LogP contribution in [0.25, 0.3) is 0 Å². The van der Waals surface area contributed by atoms with Crippen LogP contribution in [0.4, 0.5) is 11.4 Å². The van der Waals surface area contributed by atoms with E-state index in [4.69, 9.17) is 5.73 Å². The first-order valence-electron chi connectivity index (χ1n) is 7.18. The molecule has 0 aromatic heterocycles. The van der Waals surface area contributed by atoms with Crippen LogP contribution in [0.15, 0.2) is 18.2 Å². The third kappa shape index (κ3) is 2.47. The molecule has 2 heteroatoms. The molecule has 2 rings (SSSR count). The van der Waals surface area contributed by atoms with Crippen molar-refractivity contribution in [1.29, 1.82) is 0 Å². The van der Waals surface area contributed by atoms with Crippen molar-refractivity contribution < 1.29 is 0 Å². The standard InChI is InChI=1S/C16H26N2/c1-11(2)15-10-14(8-9-16(15)17)18-12(3)6-5-7-13(18)4/h8-13H,5-7,17H2,1-4H3. The fourth-order valence-corrected chi connectivity index (χ4v) is 3.15. The molecular formula is C16H26N2. The minimum atomic E-state index is 0.486. The molecule has 1 aliphatic heterocycles. The summed E-state index contributed by atoms with van der Waals surface area (Å²) in [5, 5.41) is 0. The maximum Gasteiger partial charge on any atom is 0.0375 e. The van der Waals surface area contributed by atoms with Crippen LogP contribution in [0, 0.1) is 0 Å². The molecule has 1 saturated heterocycles. The van der Waals surface area contributed by atoms with Gasteiger partial charge in [0.25, 0.3) is 0 Å². The van der Waals surface area contributed by atoms with Crippen molar-refractivity contribution in [3.8, 4) is 0 Å². The third-order valence-corrected chi connectivity index (χ3v) is 4.18. The number of nitrogen functional groups attached to an aromatic ring is 1. The smallest absolute Gasteiger partial charge is 0.0375 e. The number of benzene rings is 1. The van der Waals surface area contributed by atoms with Gasteiger partial charge in [-0.15, -0.1) is 0 Å². The Hall–Kier alpha value is -1.18. The highest BCUT2D eigenvalue weighted by Crippen LogP contribution is 2.33. The quantitative estimate of drug-likeness (QED) is 0.794. The lowest BCUT2D eigenvalue weighted by Gasteiger charge is -2.41. The molecule has 100 valence electrons. The zero-order valence-electron chi connectivity index (χ0n) is 12.1. The normalized spacial score (nSPS) is 24.6. The van der Waals surface area contributed by atoms with Crippen LogP contribution in [0.3, 0.4) is 0 Å². The molecule has 2 nitrogen and oxygen atoms in total. The minimum absolute atomic E-state index is 0.486. The fraction of sp³-hybridized carbons (Fsp3) is 0.625. The summed E-state index contributed by atoms with van der Waals surface area (Å²) in [4.78, 5) is 2.56. The lowest BCUT2D eigenvalue weighted by atomic mass is 9.94. The monoisotopic (exact) mass is 246 g/mol. The highest BCUT2D eigenvalue weighted by molar-refractivity contribution is 5.60. The van der Waals surface area contributed by atoms with E-state index in [0.717, 1.165) is 5.69 Å². The molecule has 1 fully saturated rings. The second-order valence-electron chi connectivity index (χ2n) is 6.00. The van der Waals surface area contributed by atoms with E-state index in [2.05, 4.69) is 50.8 Å².